The Labute approximate surface area is 108 Å². The number of aromatic nitrogens is 2. The molecule has 5 heteroatoms. The number of thioether (sulfide) groups is 1. The number of hydrogen-bond donors (Lipinski definition) is 1. The normalized spacial score (nSPS) is 14.3. The lowest BCUT2D eigenvalue weighted by Gasteiger charge is -2.23. The summed E-state index contributed by atoms with van der Waals surface area (Å²) in [5, 5.41) is 3.96. The zero-order chi connectivity index (χ0) is 13.1. The largest absolute Gasteiger partial charge is 0.338 e. The fourth-order valence-electron chi connectivity index (χ4n) is 1.21. The summed E-state index contributed by atoms with van der Waals surface area (Å²) in [6, 6.07) is -0.209. The Morgan fingerprint density at radius 3 is 2.53 bits per heavy atom. The van der Waals surface area contributed by atoms with E-state index >= 15 is 0 Å². The lowest BCUT2D eigenvalue weighted by Crippen LogP contribution is -2.26. The summed E-state index contributed by atoms with van der Waals surface area (Å²) in [7, 11) is 0. The van der Waals surface area contributed by atoms with E-state index in [1.165, 1.54) is 0 Å². The molecule has 0 saturated carbocycles. The zero-order valence-electron chi connectivity index (χ0n) is 11.4. The van der Waals surface area contributed by atoms with Crippen LogP contribution in [0.4, 0.5) is 0 Å². The Morgan fingerprint density at radius 1 is 1.35 bits per heavy atom. The molecule has 1 aromatic rings. The molecule has 1 unspecified atom stereocenters. The van der Waals surface area contributed by atoms with Gasteiger partial charge in [-0.25, -0.2) is 0 Å². The minimum atomic E-state index is -0.209. The summed E-state index contributed by atoms with van der Waals surface area (Å²) in [5.41, 5.74) is 6.00. The van der Waals surface area contributed by atoms with Gasteiger partial charge in [-0.1, -0.05) is 39.8 Å². The van der Waals surface area contributed by atoms with Crippen LogP contribution >= 0.6 is 11.8 Å². The zero-order valence-corrected chi connectivity index (χ0v) is 12.2. The highest BCUT2D eigenvalue weighted by atomic mass is 32.2. The molecule has 17 heavy (non-hydrogen) atoms. The summed E-state index contributed by atoms with van der Waals surface area (Å²) in [6.45, 7) is 10.6. The molecule has 1 heterocycles. The second-order valence-corrected chi connectivity index (χ2v) is 6.83. The summed E-state index contributed by atoms with van der Waals surface area (Å²) in [4.78, 5) is 4.35. The van der Waals surface area contributed by atoms with Crippen LogP contribution in [0.2, 0.25) is 0 Å². The van der Waals surface area contributed by atoms with Gasteiger partial charge in [0.15, 0.2) is 5.82 Å². The molecule has 0 aliphatic carbocycles. The van der Waals surface area contributed by atoms with Gasteiger partial charge in [-0.2, -0.15) is 16.7 Å². The van der Waals surface area contributed by atoms with Crippen molar-refractivity contribution in [1.82, 2.24) is 10.1 Å². The maximum atomic E-state index is 6.06. The molecule has 0 amide bonds. The third-order valence-corrected chi connectivity index (χ3v) is 3.73. The van der Waals surface area contributed by atoms with Crippen molar-refractivity contribution in [3.63, 3.8) is 0 Å². The molecule has 0 aliphatic rings. The molecule has 1 atom stereocenters. The lowest BCUT2D eigenvalue weighted by molar-refractivity contribution is 0.252. The van der Waals surface area contributed by atoms with Gasteiger partial charge >= 0.3 is 0 Å². The Kier molecular flexibility index (Phi) is 5.01. The van der Waals surface area contributed by atoms with Crippen LogP contribution in [0.5, 0.6) is 0 Å². The fraction of sp³-hybridized carbons (Fsp3) is 0.833. The van der Waals surface area contributed by atoms with Gasteiger partial charge in [-0.05, 0) is 17.1 Å². The van der Waals surface area contributed by atoms with E-state index in [0.717, 1.165) is 17.3 Å². The molecule has 1 aromatic heterocycles. The molecule has 2 N–H and O–H groups in total. The van der Waals surface area contributed by atoms with E-state index in [0.29, 0.717) is 11.8 Å². The quantitative estimate of drug-likeness (QED) is 0.878. The maximum Gasteiger partial charge on any atom is 0.244 e. The van der Waals surface area contributed by atoms with Crippen LogP contribution in [-0.2, 0) is 5.75 Å². The monoisotopic (exact) mass is 257 g/mol. The van der Waals surface area contributed by atoms with Gasteiger partial charge in [-0.3, -0.25) is 0 Å². The Hall–Kier alpha value is -0.550. The first-order valence-electron chi connectivity index (χ1n) is 5.96. The second-order valence-electron chi connectivity index (χ2n) is 5.80. The van der Waals surface area contributed by atoms with Gasteiger partial charge in [0.05, 0.1) is 11.8 Å². The van der Waals surface area contributed by atoms with Crippen molar-refractivity contribution in [3.05, 3.63) is 11.7 Å². The van der Waals surface area contributed by atoms with Crippen molar-refractivity contribution in [2.45, 2.75) is 46.4 Å². The van der Waals surface area contributed by atoms with Crippen LogP contribution in [-0.4, -0.2) is 15.9 Å². The molecular weight excluding hydrogens is 234 g/mol. The third kappa shape index (κ3) is 4.68. The molecule has 1 rings (SSSR count). The van der Waals surface area contributed by atoms with Crippen LogP contribution in [0.15, 0.2) is 4.52 Å². The average Bonchev–Trinajstić information content (AvgIpc) is 2.63. The third-order valence-electron chi connectivity index (χ3n) is 2.37. The van der Waals surface area contributed by atoms with Crippen molar-refractivity contribution in [2.75, 3.05) is 5.75 Å². The van der Waals surface area contributed by atoms with Gasteiger partial charge in [-0.15, -0.1) is 0 Å². The smallest absolute Gasteiger partial charge is 0.244 e. The van der Waals surface area contributed by atoms with Crippen molar-refractivity contribution in [2.24, 2.45) is 17.1 Å². The van der Waals surface area contributed by atoms with Gasteiger partial charge in [0.25, 0.3) is 0 Å². The molecule has 0 radical (unpaired) electrons. The second kappa shape index (κ2) is 5.87. The Morgan fingerprint density at radius 2 is 2.00 bits per heavy atom. The first-order chi connectivity index (χ1) is 7.80. The molecule has 98 valence electrons. The van der Waals surface area contributed by atoms with E-state index in [-0.39, 0.29) is 11.5 Å². The van der Waals surface area contributed by atoms with Crippen molar-refractivity contribution >= 4 is 11.8 Å². The predicted octanol–water partition coefficient (Wildman–Crippen LogP) is 3.00. The first-order valence-corrected chi connectivity index (χ1v) is 7.12. The van der Waals surface area contributed by atoms with E-state index in [9.17, 15) is 0 Å². The number of hydrogen-bond acceptors (Lipinski definition) is 5. The summed E-state index contributed by atoms with van der Waals surface area (Å²) in [6.07, 6.45) is 0. The van der Waals surface area contributed by atoms with Crippen molar-refractivity contribution < 1.29 is 4.52 Å². The number of nitrogens with two attached hydrogens (primary N) is 1. The molecule has 0 spiro atoms. The highest BCUT2D eigenvalue weighted by molar-refractivity contribution is 7.98. The molecule has 0 bridgehead atoms. The molecular formula is C12H23N3OS. The van der Waals surface area contributed by atoms with Gasteiger partial charge < -0.3 is 10.3 Å². The van der Waals surface area contributed by atoms with Crippen LogP contribution in [0.25, 0.3) is 0 Å². The molecule has 0 fully saturated rings. The first kappa shape index (κ1) is 14.5. The van der Waals surface area contributed by atoms with Crippen LogP contribution < -0.4 is 5.73 Å². The van der Waals surface area contributed by atoms with E-state index in [4.69, 9.17) is 10.3 Å². The average molecular weight is 257 g/mol. The van der Waals surface area contributed by atoms with Crippen LogP contribution in [0.1, 0.15) is 52.4 Å². The lowest BCUT2D eigenvalue weighted by atomic mass is 9.87. The summed E-state index contributed by atoms with van der Waals surface area (Å²) in [5.74, 6) is 3.86. The minimum Gasteiger partial charge on any atom is -0.338 e. The van der Waals surface area contributed by atoms with Crippen LogP contribution in [0, 0.1) is 11.3 Å². The van der Waals surface area contributed by atoms with Crippen molar-refractivity contribution in [1.29, 1.82) is 0 Å². The summed E-state index contributed by atoms with van der Waals surface area (Å²) < 4.78 is 5.21. The number of nitrogens with zero attached hydrogens (tertiary/aromatic N) is 2. The van der Waals surface area contributed by atoms with Crippen molar-refractivity contribution in [3.8, 4) is 0 Å². The van der Waals surface area contributed by atoms with Crippen LogP contribution in [0.3, 0.4) is 0 Å². The van der Waals surface area contributed by atoms with E-state index < -0.39 is 0 Å². The van der Waals surface area contributed by atoms with Gasteiger partial charge in [0, 0.05) is 0 Å². The Bertz CT molecular complexity index is 344. The Balaban J connectivity index is 2.54. The highest BCUT2D eigenvalue weighted by Crippen LogP contribution is 2.29. The topological polar surface area (TPSA) is 64.9 Å². The standard InChI is InChI=1S/C12H23N3OS/c1-8(2)6-17-7-9-14-11(16-15-9)10(13)12(3,4)5/h8,10H,6-7,13H2,1-5H3. The fourth-order valence-corrected chi connectivity index (χ4v) is 2.10. The predicted molar refractivity (Wildman–Crippen MR) is 71.7 cm³/mol. The molecule has 4 nitrogen and oxygen atoms in total. The molecule has 0 aromatic carbocycles. The molecule has 0 saturated heterocycles. The van der Waals surface area contributed by atoms with Gasteiger partial charge in [0.2, 0.25) is 5.89 Å². The highest BCUT2D eigenvalue weighted by Gasteiger charge is 2.27. The minimum absolute atomic E-state index is 0.0606. The van der Waals surface area contributed by atoms with E-state index in [1.807, 2.05) is 11.8 Å². The van der Waals surface area contributed by atoms with E-state index in [1.54, 1.807) is 0 Å². The van der Waals surface area contributed by atoms with E-state index in [2.05, 4.69) is 44.8 Å². The summed E-state index contributed by atoms with van der Waals surface area (Å²) >= 11 is 1.82. The SMILES string of the molecule is CC(C)CSCc1noc(C(N)C(C)(C)C)n1. The molecule has 0 aliphatic heterocycles. The number of rotatable bonds is 5. The van der Waals surface area contributed by atoms with Gasteiger partial charge in [0.1, 0.15) is 0 Å². The maximum absolute atomic E-state index is 6.06.